The number of amides is 1. The summed E-state index contributed by atoms with van der Waals surface area (Å²) < 4.78 is 5.31. The third-order valence-electron chi connectivity index (χ3n) is 4.12. The van der Waals surface area contributed by atoms with E-state index >= 15 is 0 Å². The Morgan fingerprint density at radius 3 is 2.72 bits per heavy atom. The van der Waals surface area contributed by atoms with Gasteiger partial charge in [0.2, 0.25) is 5.91 Å². The number of guanidine groups is 1. The van der Waals surface area contributed by atoms with Crippen LogP contribution in [0.5, 0.6) is 0 Å². The van der Waals surface area contributed by atoms with Crippen LogP contribution in [0.25, 0.3) is 0 Å². The minimum absolute atomic E-state index is 0.0853. The van der Waals surface area contributed by atoms with Crippen molar-refractivity contribution in [3.63, 3.8) is 0 Å². The van der Waals surface area contributed by atoms with Crippen LogP contribution in [-0.2, 0) is 17.9 Å². The third kappa shape index (κ3) is 4.54. The summed E-state index contributed by atoms with van der Waals surface area (Å²) in [6.45, 7) is 2.84. The minimum Gasteiger partial charge on any atom is -0.467 e. The van der Waals surface area contributed by atoms with E-state index in [1.807, 2.05) is 46.2 Å². The molecule has 1 fully saturated rings. The zero-order valence-electron chi connectivity index (χ0n) is 14.1. The first-order valence-corrected chi connectivity index (χ1v) is 8.53. The van der Waals surface area contributed by atoms with E-state index in [9.17, 15) is 4.79 Å². The number of nitrogens with zero attached hydrogens (tertiary/aromatic N) is 3. The molecule has 1 saturated heterocycles. The molecule has 1 amide bonds. The molecule has 0 aliphatic carbocycles. The van der Waals surface area contributed by atoms with Crippen LogP contribution >= 0.6 is 11.6 Å². The summed E-state index contributed by atoms with van der Waals surface area (Å²) in [5.41, 5.74) is 1.08. The number of rotatable bonds is 4. The van der Waals surface area contributed by atoms with E-state index in [1.54, 1.807) is 13.3 Å². The highest BCUT2D eigenvalue weighted by atomic mass is 35.5. The molecule has 0 spiro atoms. The molecule has 1 aliphatic rings. The highest BCUT2D eigenvalue weighted by Crippen LogP contribution is 2.13. The van der Waals surface area contributed by atoms with Gasteiger partial charge in [-0.15, -0.1) is 0 Å². The van der Waals surface area contributed by atoms with E-state index in [2.05, 4.69) is 10.3 Å². The van der Waals surface area contributed by atoms with E-state index < -0.39 is 0 Å². The summed E-state index contributed by atoms with van der Waals surface area (Å²) in [6, 6.07) is 11.3. The van der Waals surface area contributed by atoms with Crippen molar-refractivity contribution in [2.45, 2.75) is 13.1 Å². The predicted octanol–water partition coefficient (Wildman–Crippen LogP) is 2.35. The molecule has 1 aliphatic heterocycles. The summed E-state index contributed by atoms with van der Waals surface area (Å²) in [4.78, 5) is 20.6. The van der Waals surface area contributed by atoms with Gasteiger partial charge in [0.1, 0.15) is 5.76 Å². The van der Waals surface area contributed by atoms with Crippen LogP contribution in [0.2, 0.25) is 5.02 Å². The molecule has 132 valence electrons. The van der Waals surface area contributed by atoms with Gasteiger partial charge in [-0.2, -0.15) is 0 Å². The molecular formula is C18H21ClN4O2. The third-order valence-corrected chi connectivity index (χ3v) is 4.37. The first kappa shape index (κ1) is 17.4. The predicted molar refractivity (Wildman–Crippen MR) is 97.3 cm³/mol. The minimum atomic E-state index is 0.0853. The molecule has 0 bridgehead atoms. The summed E-state index contributed by atoms with van der Waals surface area (Å²) in [5.74, 6) is 1.62. The van der Waals surface area contributed by atoms with Crippen molar-refractivity contribution in [2.75, 3.05) is 26.7 Å². The fraction of sp³-hybridized carbons (Fsp3) is 0.333. The highest BCUT2D eigenvalue weighted by Gasteiger charge is 2.25. The number of nitrogens with one attached hydrogen (secondary N) is 1. The number of aliphatic imine (C=N–C) groups is 1. The summed E-state index contributed by atoms with van der Waals surface area (Å²) in [7, 11) is 1.72. The molecule has 0 radical (unpaired) electrons. The molecule has 0 atom stereocenters. The van der Waals surface area contributed by atoms with Crippen molar-refractivity contribution in [3.8, 4) is 0 Å². The van der Waals surface area contributed by atoms with E-state index in [1.165, 1.54) is 0 Å². The number of furan rings is 1. The molecule has 6 nitrogen and oxygen atoms in total. The van der Waals surface area contributed by atoms with Crippen LogP contribution in [0.3, 0.4) is 0 Å². The van der Waals surface area contributed by atoms with Gasteiger partial charge in [-0.05, 0) is 29.8 Å². The van der Waals surface area contributed by atoms with E-state index in [-0.39, 0.29) is 5.91 Å². The molecular weight excluding hydrogens is 340 g/mol. The van der Waals surface area contributed by atoms with Crippen molar-refractivity contribution in [3.05, 3.63) is 59.0 Å². The van der Waals surface area contributed by atoms with Crippen LogP contribution in [-0.4, -0.2) is 48.3 Å². The lowest BCUT2D eigenvalue weighted by molar-refractivity contribution is -0.135. The van der Waals surface area contributed by atoms with Crippen LogP contribution in [0, 0.1) is 0 Å². The molecule has 3 rings (SSSR count). The van der Waals surface area contributed by atoms with Gasteiger partial charge in [0.05, 0.1) is 19.4 Å². The molecule has 2 heterocycles. The largest absolute Gasteiger partial charge is 0.467 e. The fourth-order valence-electron chi connectivity index (χ4n) is 2.78. The molecule has 1 aromatic heterocycles. The van der Waals surface area contributed by atoms with Crippen molar-refractivity contribution in [1.29, 1.82) is 0 Å². The number of hydrogen-bond acceptors (Lipinski definition) is 3. The molecule has 7 heteroatoms. The number of hydrogen-bond donors (Lipinski definition) is 1. The quantitative estimate of drug-likeness (QED) is 0.671. The van der Waals surface area contributed by atoms with E-state index in [0.717, 1.165) is 17.9 Å². The van der Waals surface area contributed by atoms with Gasteiger partial charge >= 0.3 is 0 Å². The van der Waals surface area contributed by atoms with Gasteiger partial charge in [-0.3, -0.25) is 9.79 Å². The van der Waals surface area contributed by atoms with Crippen molar-refractivity contribution < 1.29 is 9.21 Å². The number of halogens is 1. The van der Waals surface area contributed by atoms with Crippen LogP contribution in [0.15, 0.2) is 52.1 Å². The average Bonchev–Trinajstić information content (AvgIpc) is 3.13. The molecule has 1 N–H and O–H groups in total. The average molecular weight is 361 g/mol. The second-order valence-corrected chi connectivity index (χ2v) is 6.28. The maximum absolute atomic E-state index is 12.5. The number of benzene rings is 1. The van der Waals surface area contributed by atoms with Gasteiger partial charge in [0.15, 0.2) is 5.96 Å². The Morgan fingerprint density at radius 1 is 1.28 bits per heavy atom. The Morgan fingerprint density at radius 2 is 2.08 bits per heavy atom. The molecule has 1 aromatic carbocycles. The Bertz CT molecular complexity index is 728. The lowest BCUT2D eigenvalue weighted by Gasteiger charge is -2.36. The highest BCUT2D eigenvalue weighted by molar-refractivity contribution is 6.30. The summed E-state index contributed by atoms with van der Waals surface area (Å²) in [5, 5.41) is 3.93. The maximum atomic E-state index is 12.5. The van der Waals surface area contributed by atoms with Crippen LogP contribution in [0.1, 0.15) is 11.3 Å². The zero-order valence-corrected chi connectivity index (χ0v) is 14.9. The first-order valence-electron chi connectivity index (χ1n) is 8.16. The van der Waals surface area contributed by atoms with Crippen LogP contribution in [0.4, 0.5) is 0 Å². The standard InChI is InChI=1S/C18H21ClN4O2/c1-20-18(21-11-16-3-2-10-25-16)23-9-8-22(17(24)13-23)12-14-4-6-15(19)7-5-14/h2-7,10H,8-9,11-13H2,1H3,(H,20,21). The normalized spacial score (nSPS) is 15.6. The molecule has 2 aromatic rings. The Balaban J connectivity index is 1.54. The topological polar surface area (TPSA) is 61.1 Å². The van der Waals surface area contributed by atoms with Crippen molar-refractivity contribution in [2.24, 2.45) is 4.99 Å². The fourth-order valence-corrected chi connectivity index (χ4v) is 2.90. The molecule has 25 heavy (non-hydrogen) atoms. The van der Waals surface area contributed by atoms with Gasteiger partial charge < -0.3 is 19.5 Å². The second kappa shape index (κ2) is 8.07. The molecule has 0 unspecified atom stereocenters. The lowest BCUT2D eigenvalue weighted by atomic mass is 10.2. The van der Waals surface area contributed by atoms with E-state index in [0.29, 0.717) is 37.2 Å². The van der Waals surface area contributed by atoms with Gasteiger partial charge in [-0.25, -0.2) is 0 Å². The summed E-state index contributed by atoms with van der Waals surface area (Å²) >= 11 is 5.91. The Labute approximate surface area is 152 Å². The van der Waals surface area contributed by atoms with Gasteiger partial charge in [0.25, 0.3) is 0 Å². The number of carbonyl (C=O) groups excluding carboxylic acids is 1. The zero-order chi connectivity index (χ0) is 17.6. The monoisotopic (exact) mass is 360 g/mol. The number of piperazine rings is 1. The second-order valence-electron chi connectivity index (χ2n) is 5.84. The van der Waals surface area contributed by atoms with E-state index in [4.69, 9.17) is 16.0 Å². The number of carbonyl (C=O) groups is 1. The van der Waals surface area contributed by atoms with Crippen molar-refractivity contribution >= 4 is 23.5 Å². The smallest absolute Gasteiger partial charge is 0.242 e. The first-order chi connectivity index (χ1) is 12.2. The Kier molecular flexibility index (Phi) is 5.60. The lowest BCUT2D eigenvalue weighted by Crippen LogP contribution is -2.54. The van der Waals surface area contributed by atoms with Crippen molar-refractivity contribution in [1.82, 2.24) is 15.1 Å². The maximum Gasteiger partial charge on any atom is 0.242 e. The Hall–Kier alpha value is -2.47. The summed E-state index contributed by atoms with van der Waals surface area (Å²) in [6.07, 6.45) is 1.64. The molecule has 0 saturated carbocycles. The van der Waals surface area contributed by atoms with Crippen LogP contribution < -0.4 is 5.32 Å². The SMILES string of the molecule is CN=C(NCc1ccco1)N1CCN(Cc2ccc(Cl)cc2)C(=O)C1. The van der Waals surface area contributed by atoms with Gasteiger partial charge in [0, 0.05) is 31.7 Å². The van der Waals surface area contributed by atoms with Gasteiger partial charge in [-0.1, -0.05) is 23.7 Å².